The van der Waals surface area contributed by atoms with E-state index in [4.69, 9.17) is 5.11 Å². The highest BCUT2D eigenvalue weighted by Gasteiger charge is 2.05. The van der Waals surface area contributed by atoms with Gasteiger partial charge in [-0.05, 0) is 31.4 Å². The first-order chi connectivity index (χ1) is 8.15. The Balaban J connectivity index is 2.25. The first kappa shape index (κ1) is 13.8. The second kappa shape index (κ2) is 7.14. The number of hydrogen-bond donors (Lipinski definition) is 4. The van der Waals surface area contributed by atoms with E-state index in [1.165, 1.54) is 6.07 Å². The Morgan fingerprint density at radius 3 is 2.76 bits per heavy atom. The number of para-hydroxylation sites is 1. The molecular formula is C13H21NO3. The van der Waals surface area contributed by atoms with Crippen LogP contribution < -0.4 is 5.32 Å². The van der Waals surface area contributed by atoms with Crippen molar-refractivity contribution in [3.05, 3.63) is 23.8 Å². The maximum atomic E-state index is 9.56. The van der Waals surface area contributed by atoms with E-state index in [-0.39, 0.29) is 18.1 Å². The van der Waals surface area contributed by atoms with Crippen molar-refractivity contribution in [3.63, 3.8) is 0 Å². The molecule has 0 saturated heterocycles. The molecule has 0 amide bonds. The van der Waals surface area contributed by atoms with Gasteiger partial charge in [-0.25, -0.2) is 0 Å². The highest BCUT2D eigenvalue weighted by atomic mass is 16.3. The second-order valence-electron chi connectivity index (χ2n) is 4.39. The van der Waals surface area contributed by atoms with Gasteiger partial charge in [0.25, 0.3) is 0 Å². The zero-order valence-corrected chi connectivity index (χ0v) is 10.2. The van der Waals surface area contributed by atoms with E-state index in [2.05, 4.69) is 5.32 Å². The molecule has 1 aromatic carbocycles. The van der Waals surface area contributed by atoms with Gasteiger partial charge in [0.05, 0.1) is 0 Å². The Hall–Kier alpha value is -1.26. The number of aromatic hydroxyl groups is 2. The molecule has 0 heterocycles. The van der Waals surface area contributed by atoms with Crippen molar-refractivity contribution in [3.8, 4) is 11.5 Å². The van der Waals surface area contributed by atoms with Crippen LogP contribution in [0.15, 0.2) is 18.2 Å². The van der Waals surface area contributed by atoms with Crippen molar-refractivity contribution in [2.75, 3.05) is 13.2 Å². The molecule has 96 valence electrons. The van der Waals surface area contributed by atoms with Crippen molar-refractivity contribution in [1.82, 2.24) is 5.32 Å². The van der Waals surface area contributed by atoms with Gasteiger partial charge < -0.3 is 20.6 Å². The van der Waals surface area contributed by atoms with Gasteiger partial charge in [0, 0.05) is 18.7 Å². The summed E-state index contributed by atoms with van der Waals surface area (Å²) in [5.74, 6) is 0.202. The fourth-order valence-electron chi connectivity index (χ4n) is 1.61. The Morgan fingerprint density at radius 2 is 2.06 bits per heavy atom. The lowest BCUT2D eigenvalue weighted by Gasteiger charge is -2.09. The van der Waals surface area contributed by atoms with Crippen LogP contribution in [-0.2, 0) is 6.54 Å². The third-order valence-corrected chi connectivity index (χ3v) is 2.78. The Labute approximate surface area is 102 Å². The number of phenolic OH excluding ortho intramolecular Hbond substituents is 2. The molecule has 0 fully saturated rings. The van der Waals surface area contributed by atoms with Gasteiger partial charge >= 0.3 is 0 Å². The lowest BCUT2D eigenvalue weighted by atomic mass is 10.1. The molecular weight excluding hydrogens is 218 g/mol. The van der Waals surface area contributed by atoms with Gasteiger partial charge in [-0.1, -0.05) is 19.1 Å². The number of hydrogen-bond acceptors (Lipinski definition) is 4. The first-order valence-electron chi connectivity index (χ1n) is 5.96. The molecule has 0 radical (unpaired) electrons. The Bertz CT molecular complexity index is 341. The number of aliphatic hydroxyl groups is 1. The fraction of sp³-hybridized carbons (Fsp3) is 0.538. The smallest absolute Gasteiger partial charge is 0.161 e. The van der Waals surface area contributed by atoms with Crippen molar-refractivity contribution >= 4 is 0 Å². The van der Waals surface area contributed by atoms with Crippen LogP contribution in [0.5, 0.6) is 11.5 Å². The molecule has 0 saturated carbocycles. The van der Waals surface area contributed by atoms with Crippen molar-refractivity contribution < 1.29 is 15.3 Å². The molecule has 0 bridgehead atoms. The van der Waals surface area contributed by atoms with Crippen LogP contribution in [0.1, 0.15) is 25.3 Å². The molecule has 4 N–H and O–H groups in total. The summed E-state index contributed by atoms with van der Waals surface area (Å²) in [4.78, 5) is 0. The summed E-state index contributed by atoms with van der Waals surface area (Å²) in [7, 11) is 0. The Morgan fingerprint density at radius 1 is 1.29 bits per heavy atom. The first-order valence-corrected chi connectivity index (χ1v) is 5.96. The van der Waals surface area contributed by atoms with Gasteiger partial charge in [-0.3, -0.25) is 0 Å². The van der Waals surface area contributed by atoms with E-state index in [0.717, 1.165) is 19.4 Å². The maximum Gasteiger partial charge on any atom is 0.161 e. The summed E-state index contributed by atoms with van der Waals surface area (Å²) >= 11 is 0. The van der Waals surface area contributed by atoms with E-state index in [1.807, 2.05) is 6.92 Å². The summed E-state index contributed by atoms with van der Waals surface area (Å²) in [6, 6.07) is 4.94. The fourth-order valence-corrected chi connectivity index (χ4v) is 1.61. The maximum absolute atomic E-state index is 9.56. The number of aliphatic hydroxyl groups excluding tert-OH is 1. The number of nitrogens with one attached hydrogen (secondary N) is 1. The predicted octanol–water partition coefficient (Wildman–Crippen LogP) is 1.60. The van der Waals surface area contributed by atoms with Crippen LogP contribution in [-0.4, -0.2) is 28.5 Å². The average molecular weight is 239 g/mol. The molecule has 1 aromatic rings. The number of benzene rings is 1. The zero-order valence-electron chi connectivity index (χ0n) is 10.2. The van der Waals surface area contributed by atoms with Gasteiger partial charge in [0.15, 0.2) is 11.5 Å². The van der Waals surface area contributed by atoms with E-state index in [1.54, 1.807) is 12.1 Å². The van der Waals surface area contributed by atoms with Gasteiger partial charge in [-0.15, -0.1) is 0 Å². The largest absolute Gasteiger partial charge is 0.504 e. The average Bonchev–Trinajstić information content (AvgIpc) is 2.33. The lowest BCUT2D eigenvalue weighted by molar-refractivity contribution is 0.228. The molecule has 0 aliphatic heterocycles. The van der Waals surface area contributed by atoms with Crippen LogP contribution in [0.3, 0.4) is 0 Å². The minimum atomic E-state index is -0.0850. The third kappa shape index (κ3) is 4.63. The van der Waals surface area contributed by atoms with Crippen LogP contribution >= 0.6 is 0 Å². The molecule has 4 heteroatoms. The quantitative estimate of drug-likeness (QED) is 0.431. The van der Waals surface area contributed by atoms with Crippen LogP contribution in [0.2, 0.25) is 0 Å². The van der Waals surface area contributed by atoms with Gasteiger partial charge in [0.1, 0.15) is 0 Å². The summed E-state index contributed by atoms with van der Waals surface area (Å²) in [5, 5.41) is 30.9. The normalized spacial score (nSPS) is 12.6. The van der Waals surface area contributed by atoms with E-state index in [9.17, 15) is 10.2 Å². The molecule has 0 aromatic heterocycles. The molecule has 1 atom stereocenters. The highest BCUT2D eigenvalue weighted by Crippen LogP contribution is 2.27. The third-order valence-electron chi connectivity index (χ3n) is 2.78. The monoisotopic (exact) mass is 239 g/mol. The minimum absolute atomic E-state index is 0.0521. The van der Waals surface area contributed by atoms with Crippen LogP contribution in [0.4, 0.5) is 0 Å². The highest BCUT2D eigenvalue weighted by molar-refractivity contribution is 5.44. The second-order valence-corrected chi connectivity index (χ2v) is 4.39. The molecule has 17 heavy (non-hydrogen) atoms. The predicted molar refractivity (Wildman–Crippen MR) is 67.0 cm³/mol. The van der Waals surface area contributed by atoms with Crippen molar-refractivity contribution in [1.29, 1.82) is 0 Å². The zero-order chi connectivity index (χ0) is 12.7. The van der Waals surface area contributed by atoms with Crippen molar-refractivity contribution in [2.24, 2.45) is 5.92 Å². The molecule has 1 unspecified atom stereocenters. The van der Waals surface area contributed by atoms with E-state index in [0.29, 0.717) is 18.0 Å². The van der Waals surface area contributed by atoms with Crippen molar-refractivity contribution in [2.45, 2.75) is 26.3 Å². The summed E-state index contributed by atoms with van der Waals surface area (Å²) in [6.45, 7) is 3.61. The van der Waals surface area contributed by atoms with E-state index < -0.39 is 0 Å². The Kier molecular flexibility index (Phi) is 5.80. The standard InChI is InChI=1S/C13H21NO3/c1-10(9-15)4-3-7-14-8-11-5-2-6-12(16)13(11)17/h2,5-6,10,14-17H,3-4,7-9H2,1H3. The van der Waals surface area contributed by atoms with Gasteiger partial charge in [0.2, 0.25) is 0 Å². The number of rotatable bonds is 7. The minimum Gasteiger partial charge on any atom is -0.504 e. The lowest BCUT2D eigenvalue weighted by Crippen LogP contribution is -2.16. The molecule has 0 aliphatic carbocycles. The summed E-state index contributed by atoms with van der Waals surface area (Å²) in [6.07, 6.45) is 1.97. The SMILES string of the molecule is CC(CO)CCCNCc1cccc(O)c1O. The van der Waals surface area contributed by atoms with Crippen LogP contribution in [0.25, 0.3) is 0 Å². The molecule has 4 nitrogen and oxygen atoms in total. The van der Waals surface area contributed by atoms with E-state index >= 15 is 0 Å². The molecule has 0 aliphatic rings. The molecule has 0 spiro atoms. The molecule has 1 rings (SSSR count). The summed E-state index contributed by atoms with van der Waals surface area (Å²) in [5.41, 5.74) is 0.695. The summed E-state index contributed by atoms with van der Waals surface area (Å²) < 4.78 is 0. The topological polar surface area (TPSA) is 72.7 Å². The number of phenols is 2. The van der Waals surface area contributed by atoms with Gasteiger partial charge in [-0.2, -0.15) is 0 Å². The van der Waals surface area contributed by atoms with Crippen LogP contribution in [0, 0.1) is 5.92 Å².